The van der Waals surface area contributed by atoms with Gasteiger partial charge in [-0.2, -0.15) is 5.10 Å². The number of fused-ring (bicyclic) bond motifs is 1. The summed E-state index contributed by atoms with van der Waals surface area (Å²) in [5.41, 5.74) is 3.87. The number of carbonyl (C=O) groups excluding carboxylic acids is 1. The molecule has 2 heterocycles. The summed E-state index contributed by atoms with van der Waals surface area (Å²) in [6, 6.07) is 5.24. The Hall–Kier alpha value is -2.96. The van der Waals surface area contributed by atoms with Crippen LogP contribution in [0.15, 0.2) is 36.8 Å². The topological polar surface area (TPSA) is 84.7 Å². The minimum absolute atomic E-state index is 0.235. The number of amides is 2. The Balaban J connectivity index is 1.87. The van der Waals surface area contributed by atoms with Gasteiger partial charge in [0, 0.05) is 30.5 Å². The first-order valence-electron chi connectivity index (χ1n) is 8.39. The van der Waals surface area contributed by atoms with Crippen LogP contribution in [0.1, 0.15) is 20.8 Å². The number of anilines is 1. The summed E-state index contributed by atoms with van der Waals surface area (Å²) in [5.74, 6) is 0.526. The second kappa shape index (κ2) is 7.29. The standard InChI is InChI=1S/C18H22N6O/c1-4-19-18(25)22-14-5-6-15-16(7-14)23-17(9-20-15)13-8-21-24(11-13)10-12(2)3/h5-9,11-12H,4,10H2,1-3H3,(H2,19,22,25). The molecule has 2 N–H and O–H groups in total. The molecule has 0 bridgehead atoms. The number of hydrogen-bond donors (Lipinski definition) is 2. The van der Waals surface area contributed by atoms with Crippen molar-refractivity contribution < 1.29 is 4.79 Å². The number of urea groups is 1. The van der Waals surface area contributed by atoms with E-state index in [1.807, 2.05) is 36.0 Å². The summed E-state index contributed by atoms with van der Waals surface area (Å²) >= 11 is 0. The van der Waals surface area contributed by atoms with Gasteiger partial charge in [-0.25, -0.2) is 9.78 Å². The largest absolute Gasteiger partial charge is 0.338 e. The number of rotatable bonds is 5. The zero-order chi connectivity index (χ0) is 17.8. The van der Waals surface area contributed by atoms with Gasteiger partial charge in [-0.15, -0.1) is 0 Å². The minimum Gasteiger partial charge on any atom is -0.338 e. The van der Waals surface area contributed by atoms with E-state index in [1.165, 1.54) is 0 Å². The maximum absolute atomic E-state index is 11.7. The molecule has 7 heteroatoms. The average molecular weight is 338 g/mol. The first-order chi connectivity index (χ1) is 12.0. The van der Waals surface area contributed by atoms with Gasteiger partial charge >= 0.3 is 6.03 Å². The predicted octanol–water partition coefficient (Wildman–Crippen LogP) is 3.29. The van der Waals surface area contributed by atoms with E-state index in [4.69, 9.17) is 0 Å². The number of nitrogens with one attached hydrogen (secondary N) is 2. The molecule has 3 aromatic rings. The maximum atomic E-state index is 11.7. The lowest BCUT2D eigenvalue weighted by Crippen LogP contribution is -2.28. The van der Waals surface area contributed by atoms with Crippen LogP contribution in [0, 0.1) is 5.92 Å². The highest BCUT2D eigenvalue weighted by atomic mass is 16.2. The van der Waals surface area contributed by atoms with Crippen LogP contribution in [0.2, 0.25) is 0 Å². The first-order valence-corrected chi connectivity index (χ1v) is 8.39. The van der Waals surface area contributed by atoms with E-state index in [2.05, 4.69) is 39.5 Å². The fourth-order valence-corrected chi connectivity index (χ4v) is 2.53. The lowest BCUT2D eigenvalue weighted by molar-refractivity contribution is 0.252. The van der Waals surface area contributed by atoms with Crippen molar-refractivity contribution in [1.29, 1.82) is 0 Å². The highest BCUT2D eigenvalue weighted by Gasteiger charge is 2.08. The molecule has 2 aromatic heterocycles. The van der Waals surface area contributed by atoms with E-state index in [1.54, 1.807) is 12.4 Å². The molecule has 0 fully saturated rings. The SMILES string of the molecule is CCNC(=O)Nc1ccc2ncc(-c3cnn(CC(C)C)c3)nc2c1. The first kappa shape index (κ1) is 16.9. The van der Waals surface area contributed by atoms with Crippen molar-refractivity contribution in [1.82, 2.24) is 25.1 Å². The lowest BCUT2D eigenvalue weighted by Gasteiger charge is -2.07. The molecule has 0 spiro atoms. The second-order valence-electron chi connectivity index (χ2n) is 6.29. The molecule has 0 aliphatic rings. The summed E-state index contributed by atoms with van der Waals surface area (Å²) in [5, 5.41) is 9.86. The Bertz CT molecular complexity index is 886. The van der Waals surface area contributed by atoms with Crippen LogP contribution in [-0.2, 0) is 6.54 Å². The van der Waals surface area contributed by atoms with Crippen LogP contribution in [-0.4, -0.2) is 32.3 Å². The van der Waals surface area contributed by atoms with Crippen molar-refractivity contribution in [2.45, 2.75) is 27.3 Å². The monoisotopic (exact) mass is 338 g/mol. The molecular weight excluding hydrogens is 316 g/mol. The summed E-state index contributed by atoms with van der Waals surface area (Å²) in [7, 11) is 0. The van der Waals surface area contributed by atoms with Gasteiger partial charge in [0.2, 0.25) is 0 Å². The molecule has 25 heavy (non-hydrogen) atoms. The zero-order valence-electron chi connectivity index (χ0n) is 14.7. The van der Waals surface area contributed by atoms with Gasteiger partial charge in [0.1, 0.15) is 0 Å². The molecule has 0 unspecified atom stereocenters. The number of aromatic nitrogens is 4. The molecule has 0 aliphatic carbocycles. The van der Waals surface area contributed by atoms with Crippen LogP contribution < -0.4 is 10.6 Å². The third kappa shape index (κ3) is 4.12. The molecule has 7 nitrogen and oxygen atoms in total. The lowest BCUT2D eigenvalue weighted by atomic mass is 10.2. The molecule has 0 saturated carbocycles. The van der Waals surface area contributed by atoms with Crippen molar-refractivity contribution in [3.63, 3.8) is 0 Å². The Morgan fingerprint density at radius 1 is 1.24 bits per heavy atom. The minimum atomic E-state index is -0.235. The van der Waals surface area contributed by atoms with E-state index in [-0.39, 0.29) is 6.03 Å². The van der Waals surface area contributed by atoms with E-state index < -0.39 is 0 Å². The number of hydrogen-bond acceptors (Lipinski definition) is 4. The second-order valence-corrected chi connectivity index (χ2v) is 6.29. The average Bonchev–Trinajstić information content (AvgIpc) is 3.02. The van der Waals surface area contributed by atoms with Gasteiger partial charge in [-0.3, -0.25) is 9.67 Å². The molecular formula is C18H22N6O. The highest BCUT2D eigenvalue weighted by molar-refractivity contribution is 5.92. The number of carbonyl (C=O) groups is 1. The molecule has 0 saturated heterocycles. The Labute approximate surface area is 146 Å². The van der Waals surface area contributed by atoms with E-state index in [0.717, 1.165) is 28.8 Å². The molecule has 0 radical (unpaired) electrons. The highest BCUT2D eigenvalue weighted by Crippen LogP contribution is 2.21. The fraction of sp³-hybridized carbons (Fsp3) is 0.333. The van der Waals surface area contributed by atoms with Gasteiger partial charge in [0.15, 0.2) is 0 Å². The summed E-state index contributed by atoms with van der Waals surface area (Å²) in [4.78, 5) is 20.8. The van der Waals surface area contributed by atoms with E-state index in [0.29, 0.717) is 18.2 Å². The van der Waals surface area contributed by atoms with Crippen LogP contribution >= 0.6 is 0 Å². The summed E-state index contributed by atoms with van der Waals surface area (Å²) < 4.78 is 1.92. The maximum Gasteiger partial charge on any atom is 0.319 e. The third-order valence-electron chi connectivity index (χ3n) is 3.62. The molecule has 2 amide bonds. The predicted molar refractivity (Wildman–Crippen MR) is 98.3 cm³/mol. The normalized spacial score (nSPS) is 11.0. The number of benzene rings is 1. The third-order valence-corrected chi connectivity index (χ3v) is 3.62. The quantitative estimate of drug-likeness (QED) is 0.747. The summed E-state index contributed by atoms with van der Waals surface area (Å²) in [6.07, 6.45) is 5.53. The molecule has 0 atom stereocenters. The van der Waals surface area contributed by atoms with Crippen LogP contribution in [0.4, 0.5) is 10.5 Å². The van der Waals surface area contributed by atoms with Gasteiger partial charge in [0.25, 0.3) is 0 Å². The Morgan fingerprint density at radius 3 is 2.84 bits per heavy atom. The van der Waals surface area contributed by atoms with Crippen molar-refractivity contribution in [2.24, 2.45) is 5.92 Å². The van der Waals surface area contributed by atoms with Crippen molar-refractivity contribution in [2.75, 3.05) is 11.9 Å². The number of nitrogens with zero attached hydrogens (tertiary/aromatic N) is 4. The van der Waals surface area contributed by atoms with Crippen molar-refractivity contribution in [3.8, 4) is 11.3 Å². The van der Waals surface area contributed by atoms with Crippen molar-refractivity contribution in [3.05, 3.63) is 36.8 Å². The molecule has 0 aliphatic heterocycles. The van der Waals surface area contributed by atoms with Crippen LogP contribution in [0.5, 0.6) is 0 Å². The van der Waals surface area contributed by atoms with Crippen LogP contribution in [0.25, 0.3) is 22.3 Å². The van der Waals surface area contributed by atoms with Crippen LogP contribution in [0.3, 0.4) is 0 Å². The fourth-order valence-electron chi connectivity index (χ4n) is 2.53. The zero-order valence-corrected chi connectivity index (χ0v) is 14.7. The van der Waals surface area contributed by atoms with Crippen molar-refractivity contribution >= 4 is 22.8 Å². The Morgan fingerprint density at radius 2 is 2.08 bits per heavy atom. The van der Waals surface area contributed by atoms with Gasteiger partial charge in [0.05, 0.1) is 29.1 Å². The van der Waals surface area contributed by atoms with Gasteiger partial charge in [-0.05, 0) is 31.0 Å². The van der Waals surface area contributed by atoms with Gasteiger partial charge in [-0.1, -0.05) is 13.8 Å². The molecule has 130 valence electrons. The Kier molecular flexibility index (Phi) is 4.92. The summed E-state index contributed by atoms with van der Waals surface area (Å²) in [6.45, 7) is 7.61. The smallest absolute Gasteiger partial charge is 0.319 e. The van der Waals surface area contributed by atoms with Gasteiger partial charge < -0.3 is 10.6 Å². The molecule has 1 aromatic carbocycles. The van der Waals surface area contributed by atoms with E-state index >= 15 is 0 Å². The van der Waals surface area contributed by atoms with E-state index in [9.17, 15) is 4.79 Å². The molecule has 3 rings (SSSR count).